The largest absolute Gasteiger partial charge is 0.327 e. The first kappa shape index (κ1) is 14.4. The minimum Gasteiger partial charge on any atom is -0.327 e. The minimum atomic E-state index is -0.337. The number of amides is 1. The second kappa shape index (κ2) is 6.30. The maximum absolute atomic E-state index is 13.2. The van der Waals surface area contributed by atoms with Crippen LogP contribution in [-0.2, 0) is 4.79 Å². The van der Waals surface area contributed by atoms with E-state index in [1.165, 1.54) is 6.07 Å². The summed E-state index contributed by atoms with van der Waals surface area (Å²) in [6.45, 7) is 3.92. The van der Waals surface area contributed by atoms with Crippen LogP contribution < -0.4 is 11.1 Å². The highest BCUT2D eigenvalue weighted by Gasteiger charge is 2.14. The minimum absolute atomic E-state index is 0.179. The van der Waals surface area contributed by atoms with Gasteiger partial charge >= 0.3 is 0 Å². The third-order valence-corrected chi connectivity index (χ3v) is 3.60. The van der Waals surface area contributed by atoms with Crippen molar-refractivity contribution in [1.82, 2.24) is 0 Å². The van der Waals surface area contributed by atoms with Gasteiger partial charge in [-0.1, -0.05) is 19.9 Å². The first-order valence-electron chi connectivity index (χ1n) is 5.41. The van der Waals surface area contributed by atoms with Gasteiger partial charge in [-0.05, 0) is 40.6 Å². The fraction of sp³-hybridized carbons (Fsp3) is 0.417. The molecule has 0 aliphatic heterocycles. The van der Waals surface area contributed by atoms with E-state index in [1.807, 2.05) is 36.4 Å². The van der Waals surface area contributed by atoms with E-state index in [4.69, 9.17) is 5.73 Å². The fourth-order valence-corrected chi connectivity index (χ4v) is 1.75. The second-order valence-electron chi connectivity index (χ2n) is 4.26. The van der Waals surface area contributed by atoms with Crippen LogP contribution in [0.1, 0.15) is 20.3 Å². The van der Waals surface area contributed by atoms with E-state index in [2.05, 4.69) is 5.32 Å². The molecule has 0 aliphatic carbocycles. The van der Waals surface area contributed by atoms with E-state index in [0.29, 0.717) is 9.26 Å². The van der Waals surface area contributed by atoms with Crippen LogP contribution in [0, 0.1) is 15.3 Å². The summed E-state index contributed by atoms with van der Waals surface area (Å²) in [5.41, 5.74) is 6.29. The second-order valence-corrected chi connectivity index (χ2v) is 5.34. The van der Waals surface area contributed by atoms with Crippen molar-refractivity contribution in [3.63, 3.8) is 0 Å². The molecule has 0 saturated heterocycles. The van der Waals surface area contributed by atoms with Crippen LogP contribution in [0.2, 0.25) is 0 Å². The van der Waals surface area contributed by atoms with Gasteiger partial charge in [0, 0.05) is 12.5 Å². The van der Waals surface area contributed by atoms with Crippen molar-refractivity contribution in [2.24, 2.45) is 11.7 Å². The predicted octanol–water partition coefficient (Wildman–Crippen LogP) is 2.74. The Labute approximate surface area is 114 Å². The molecule has 0 radical (unpaired) electrons. The Morgan fingerprint density at radius 3 is 2.76 bits per heavy atom. The molecule has 94 valence electrons. The zero-order valence-electron chi connectivity index (χ0n) is 9.84. The van der Waals surface area contributed by atoms with Gasteiger partial charge < -0.3 is 11.1 Å². The van der Waals surface area contributed by atoms with Gasteiger partial charge in [-0.15, -0.1) is 0 Å². The van der Waals surface area contributed by atoms with E-state index in [0.717, 1.165) is 0 Å². The van der Waals surface area contributed by atoms with E-state index in [9.17, 15) is 9.18 Å². The Hall–Kier alpha value is -0.690. The van der Waals surface area contributed by atoms with Crippen molar-refractivity contribution in [3.8, 4) is 0 Å². The summed E-state index contributed by atoms with van der Waals surface area (Å²) in [6.07, 6.45) is 0.240. The van der Waals surface area contributed by atoms with Gasteiger partial charge in [-0.25, -0.2) is 4.39 Å². The van der Waals surface area contributed by atoms with Crippen molar-refractivity contribution < 1.29 is 9.18 Å². The van der Waals surface area contributed by atoms with Gasteiger partial charge in [0.25, 0.3) is 0 Å². The summed E-state index contributed by atoms with van der Waals surface area (Å²) in [4.78, 5) is 11.7. The average molecular weight is 350 g/mol. The van der Waals surface area contributed by atoms with E-state index in [-0.39, 0.29) is 30.1 Å². The maximum Gasteiger partial charge on any atom is 0.225 e. The molecule has 0 aliphatic rings. The number of anilines is 1. The van der Waals surface area contributed by atoms with Crippen LogP contribution >= 0.6 is 22.6 Å². The van der Waals surface area contributed by atoms with Crippen LogP contribution in [0.25, 0.3) is 0 Å². The fourth-order valence-electron chi connectivity index (χ4n) is 1.25. The molecule has 0 saturated carbocycles. The molecule has 1 aromatic rings. The predicted molar refractivity (Wildman–Crippen MR) is 75.2 cm³/mol. The Kier molecular flexibility index (Phi) is 5.32. The summed E-state index contributed by atoms with van der Waals surface area (Å²) in [5, 5.41) is 2.67. The van der Waals surface area contributed by atoms with Gasteiger partial charge in [0.2, 0.25) is 5.91 Å². The molecule has 0 bridgehead atoms. The first-order chi connectivity index (χ1) is 7.91. The number of carbonyl (C=O) groups is 1. The molecule has 0 spiro atoms. The van der Waals surface area contributed by atoms with Gasteiger partial charge in [0.1, 0.15) is 5.82 Å². The van der Waals surface area contributed by atoms with E-state index < -0.39 is 0 Å². The summed E-state index contributed by atoms with van der Waals surface area (Å²) in [6, 6.07) is 4.41. The topological polar surface area (TPSA) is 55.1 Å². The number of halogens is 2. The Morgan fingerprint density at radius 1 is 1.53 bits per heavy atom. The lowest BCUT2D eigenvalue weighted by Crippen LogP contribution is -2.31. The highest BCUT2D eigenvalue weighted by molar-refractivity contribution is 14.1. The number of nitrogens with one attached hydrogen (secondary N) is 1. The molecule has 0 fully saturated rings. The third-order valence-electron chi connectivity index (χ3n) is 2.50. The standard InChI is InChI=1S/C12H16FIN2O/c1-7(2)9(15)6-11(17)16-10-5-3-4-8(13)12(10)14/h3-5,7,9H,6,15H2,1-2H3,(H,16,17). The van der Waals surface area contributed by atoms with Gasteiger partial charge in [-0.2, -0.15) is 0 Å². The van der Waals surface area contributed by atoms with Crippen LogP contribution in [-0.4, -0.2) is 11.9 Å². The first-order valence-corrected chi connectivity index (χ1v) is 6.49. The smallest absolute Gasteiger partial charge is 0.225 e. The molecule has 1 rings (SSSR count). The molecule has 3 nitrogen and oxygen atoms in total. The van der Waals surface area contributed by atoms with E-state index >= 15 is 0 Å². The molecule has 1 aromatic carbocycles. The molecule has 0 heterocycles. The van der Waals surface area contributed by atoms with Gasteiger partial charge in [0.15, 0.2) is 0 Å². The summed E-state index contributed by atoms with van der Waals surface area (Å²) in [7, 11) is 0. The van der Waals surface area contributed by atoms with Crippen molar-refractivity contribution in [2.75, 3.05) is 5.32 Å². The molecule has 1 amide bonds. The van der Waals surface area contributed by atoms with Crippen molar-refractivity contribution in [2.45, 2.75) is 26.3 Å². The number of benzene rings is 1. The van der Waals surface area contributed by atoms with Crippen LogP contribution in [0.5, 0.6) is 0 Å². The lowest BCUT2D eigenvalue weighted by atomic mass is 10.0. The van der Waals surface area contributed by atoms with E-state index in [1.54, 1.807) is 12.1 Å². The van der Waals surface area contributed by atoms with Crippen molar-refractivity contribution in [1.29, 1.82) is 0 Å². The summed E-state index contributed by atoms with van der Waals surface area (Å²) < 4.78 is 13.7. The Morgan fingerprint density at radius 2 is 2.18 bits per heavy atom. The lowest BCUT2D eigenvalue weighted by Gasteiger charge is -2.15. The van der Waals surface area contributed by atoms with Crippen molar-refractivity contribution in [3.05, 3.63) is 27.6 Å². The highest BCUT2D eigenvalue weighted by atomic mass is 127. The number of carbonyl (C=O) groups excluding carboxylic acids is 1. The Balaban J connectivity index is 2.66. The number of nitrogens with two attached hydrogens (primary N) is 1. The zero-order valence-corrected chi connectivity index (χ0v) is 12.0. The van der Waals surface area contributed by atoms with Crippen LogP contribution in [0.15, 0.2) is 18.2 Å². The molecular formula is C12H16FIN2O. The maximum atomic E-state index is 13.2. The molecule has 1 unspecified atom stereocenters. The molecule has 17 heavy (non-hydrogen) atoms. The average Bonchev–Trinajstić information content (AvgIpc) is 2.24. The normalized spacial score (nSPS) is 12.6. The lowest BCUT2D eigenvalue weighted by molar-refractivity contribution is -0.116. The summed E-state index contributed by atoms with van der Waals surface area (Å²) >= 11 is 1.86. The molecule has 1 atom stereocenters. The third kappa shape index (κ3) is 4.23. The van der Waals surface area contributed by atoms with Crippen LogP contribution in [0.3, 0.4) is 0 Å². The monoisotopic (exact) mass is 350 g/mol. The highest BCUT2D eigenvalue weighted by Crippen LogP contribution is 2.21. The number of rotatable bonds is 4. The molecular weight excluding hydrogens is 334 g/mol. The zero-order chi connectivity index (χ0) is 13.0. The summed E-state index contributed by atoms with van der Waals surface area (Å²) in [5.74, 6) is -0.279. The molecule has 3 N–H and O–H groups in total. The number of hydrogen-bond donors (Lipinski definition) is 2. The molecule has 0 aromatic heterocycles. The van der Waals surface area contributed by atoms with Gasteiger partial charge in [0.05, 0.1) is 9.26 Å². The number of hydrogen-bond acceptors (Lipinski definition) is 2. The van der Waals surface area contributed by atoms with Crippen molar-refractivity contribution >= 4 is 34.2 Å². The SMILES string of the molecule is CC(C)C(N)CC(=O)Nc1cccc(F)c1I. The van der Waals surface area contributed by atoms with Crippen LogP contribution in [0.4, 0.5) is 10.1 Å². The molecule has 5 heteroatoms. The Bertz CT molecular complexity index is 409. The van der Waals surface area contributed by atoms with Gasteiger partial charge in [-0.3, -0.25) is 4.79 Å². The quantitative estimate of drug-likeness (QED) is 0.821.